The normalized spacial score (nSPS) is 14.6. The molecule has 6 heteroatoms. The third-order valence-electron chi connectivity index (χ3n) is 4.40. The van der Waals surface area contributed by atoms with Gasteiger partial charge in [0, 0.05) is 36.9 Å². The summed E-state index contributed by atoms with van der Waals surface area (Å²) < 4.78 is 5.41. The van der Waals surface area contributed by atoms with Crippen molar-refractivity contribution in [3.05, 3.63) is 64.6 Å². The Bertz CT molecular complexity index is 932. The zero-order valence-corrected chi connectivity index (χ0v) is 13.9. The Labute approximate surface area is 145 Å². The van der Waals surface area contributed by atoms with Crippen LogP contribution in [0.2, 0.25) is 0 Å². The zero-order chi connectivity index (χ0) is 17.1. The number of aromatic amines is 1. The molecule has 1 aliphatic rings. The summed E-state index contributed by atoms with van der Waals surface area (Å²) in [5.74, 6) is 0.906. The number of hydrogen-bond acceptors (Lipinski definition) is 5. The molecule has 2 N–H and O–H groups in total. The van der Waals surface area contributed by atoms with E-state index in [0.29, 0.717) is 25.3 Å². The van der Waals surface area contributed by atoms with E-state index in [9.17, 15) is 4.79 Å². The number of anilines is 2. The smallest absolute Gasteiger partial charge is 0.253 e. The molecule has 0 aliphatic carbocycles. The van der Waals surface area contributed by atoms with Crippen LogP contribution in [0.25, 0.3) is 10.9 Å². The van der Waals surface area contributed by atoms with Crippen LogP contribution in [-0.4, -0.2) is 36.3 Å². The van der Waals surface area contributed by atoms with Crippen molar-refractivity contribution in [1.82, 2.24) is 9.97 Å². The monoisotopic (exact) mass is 336 g/mol. The number of hydrogen-bond donors (Lipinski definition) is 2. The van der Waals surface area contributed by atoms with Crippen LogP contribution in [0, 0.1) is 0 Å². The maximum absolute atomic E-state index is 12.3. The molecular weight excluding hydrogens is 316 g/mol. The van der Waals surface area contributed by atoms with Gasteiger partial charge in [-0.25, -0.2) is 4.98 Å². The van der Waals surface area contributed by atoms with Crippen LogP contribution < -0.4 is 15.8 Å². The van der Waals surface area contributed by atoms with E-state index in [2.05, 4.69) is 20.2 Å². The van der Waals surface area contributed by atoms with Crippen molar-refractivity contribution >= 4 is 22.4 Å². The van der Waals surface area contributed by atoms with E-state index in [1.807, 2.05) is 42.5 Å². The van der Waals surface area contributed by atoms with Crippen LogP contribution >= 0.6 is 0 Å². The van der Waals surface area contributed by atoms with E-state index in [1.165, 1.54) is 0 Å². The number of pyridine rings is 2. The number of nitrogens with zero attached hydrogens (tertiary/aromatic N) is 2. The fourth-order valence-electron chi connectivity index (χ4n) is 3.08. The molecular formula is C19H20N4O2. The molecule has 0 amide bonds. The molecule has 0 spiro atoms. The first-order valence-electron chi connectivity index (χ1n) is 8.44. The Morgan fingerprint density at radius 3 is 2.88 bits per heavy atom. The lowest BCUT2D eigenvalue weighted by Gasteiger charge is -2.29. The second-order valence-electron chi connectivity index (χ2n) is 6.04. The molecule has 3 aromatic rings. The highest BCUT2D eigenvalue weighted by Gasteiger charge is 2.16. The van der Waals surface area contributed by atoms with Crippen molar-refractivity contribution in [2.75, 3.05) is 36.5 Å². The molecule has 1 fully saturated rings. The Morgan fingerprint density at radius 1 is 1.16 bits per heavy atom. The fraction of sp³-hybridized carbons (Fsp3) is 0.263. The van der Waals surface area contributed by atoms with E-state index in [-0.39, 0.29) is 5.56 Å². The number of ether oxygens (including phenoxy) is 1. The average Bonchev–Trinajstić information content (AvgIpc) is 2.67. The molecule has 4 rings (SSSR count). The summed E-state index contributed by atoms with van der Waals surface area (Å²) in [5.41, 5.74) is 2.42. The number of fused-ring (bicyclic) bond motifs is 1. The highest BCUT2D eigenvalue weighted by Crippen LogP contribution is 2.24. The molecule has 0 radical (unpaired) electrons. The van der Waals surface area contributed by atoms with Gasteiger partial charge in [0.1, 0.15) is 0 Å². The van der Waals surface area contributed by atoms with Crippen molar-refractivity contribution < 1.29 is 4.74 Å². The van der Waals surface area contributed by atoms with Crippen molar-refractivity contribution in [2.24, 2.45) is 0 Å². The van der Waals surface area contributed by atoms with Gasteiger partial charge in [0.05, 0.1) is 18.9 Å². The molecule has 2 aromatic heterocycles. The Morgan fingerprint density at radius 2 is 2.00 bits per heavy atom. The van der Waals surface area contributed by atoms with Gasteiger partial charge in [0.15, 0.2) is 5.82 Å². The lowest BCUT2D eigenvalue weighted by Crippen LogP contribution is -2.37. The largest absolute Gasteiger partial charge is 0.378 e. The van der Waals surface area contributed by atoms with Gasteiger partial charge in [-0.2, -0.15) is 0 Å². The summed E-state index contributed by atoms with van der Waals surface area (Å²) in [6, 6.07) is 13.6. The van der Waals surface area contributed by atoms with Crippen LogP contribution in [-0.2, 0) is 11.3 Å². The molecule has 1 saturated heterocycles. The fourth-order valence-corrected chi connectivity index (χ4v) is 3.08. The summed E-state index contributed by atoms with van der Waals surface area (Å²) in [6.45, 7) is 3.51. The number of H-pyrrole nitrogens is 1. The van der Waals surface area contributed by atoms with Crippen LogP contribution in [0.5, 0.6) is 0 Å². The van der Waals surface area contributed by atoms with Crippen LogP contribution in [0.15, 0.2) is 53.5 Å². The van der Waals surface area contributed by atoms with E-state index in [4.69, 9.17) is 4.74 Å². The third-order valence-corrected chi connectivity index (χ3v) is 4.40. The van der Waals surface area contributed by atoms with Crippen molar-refractivity contribution in [3.8, 4) is 0 Å². The van der Waals surface area contributed by atoms with E-state index in [0.717, 1.165) is 35.5 Å². The standard InChI is InChI=1S/C19H20N4O2/c24-19-15(12-14-4-1-2-5-16(14)22-19)13-21-17-6-3-7-20-18(17)23-8-10-25-11-9-23/h1-7,12,21H,8-11,13H2,(H,22,24). The SMILES string of the molecule is O=c1[nH]c2ccccc2cc1CNc1cccnc1N1CCOCC1. The lowest BCUT2D eigenvalue weighted by atomic mass is 10.1. The second-order valence-corrected chi connectivity index (χ2v) is 6.04. The van der Waals surface area contributed by atoms with E-state index < -0.39 is 0 Å². The summed E-state index contributed by atoms with van der Waals surface area (Å²) in [7, 11) is 0. The molecule has 0 atom stereocenters. The number of morpholine rings is 1. The maximum atomic E-state index is 12.3. The molecule has 3 heterocycles. The first-order chi connectivity index (χ1) is 12.3. The Balaban J connectivity index is 1.57. The predicted molar refractivity (Wildman–Crippen MR) is 99.2 cm³/mol. The van der Waals surface area contributed by atoms with Crippen LogP contribution in [0.1, 0.15) is 5.56 Å². The van der Waals surface area contributed by atoms with Gasteiger partial charge < -0.3 is 19.9 Å². The highest BCUT2D eigenvalue weighted by molar-refractivity contribution is 5.78. The third kappa shape index (κ3) is 3.34. The Hall–Kier alpha value is -2.86. The number of nitrogens with one attached hydrogen (secondary N) is 2. The summed E-state index contributed by atoms with van der Waals surface area (Å²) in [4.78, 5) is 22.0. The van der Waals surface area contributed by atoms with Crippen molar-refractivity contribution in [2.45, 2.75) is 6.54 Å². The van der Waals surface area contributed by atoms with Crippen LogP contribution in [0.4, 0.5) is 11.5 Å². The number of aromatic nitrogens is 2. The minimum absolute atomic E-state index is 0.0667. The van der Waals surface area contributed by atoms with Gasteiger partial charge in [-0.05, 0) is 29.7 Å². The number of benzene rings is 1. The molecule has 0 unspecified atom stereocenters. The number of para-hydroxylation sites is 1. The van der Waals surface area contributed by atoms with Gasteiger partial charge in [0.2, 0.25) is 0 Å². The average molecular weight is 336 g/mol. The Kier molecular flexibility index (Phi) is 4.35. The van der Waals surface area contributed by atoms with E-state index in [1.54, 1.807) is 6.20 Å². The molecule has 1 aliphatic heterocycles. The first kappa shape index (κ1) is 15.7. The van der Waals surface area contributed by atoms with E-state index >= 15 is 0 Å². The molecule has 0 saturated carbocycles. The molecule has 25 heavy (non-hydrogen) atoms. The minimum atomic E-state index is -0.0667. The molecule has 6 nitrogen and oxygen atoms in total. The summed E-state index contributed by atoms with van der Waals surface area (Å²) in [5, 5.41) is 4.39. The van der Waals surface area contributed by atoms with Crippen molar-refractivity contribution in [3.63, 3.8) is 0 Å². The van der Waals surface area contributed by atoms with Gasteiger partial charge in [-0.3, -0.25) is 4.79 Å². The number of rotatable bonds is 4. The van der Waals surface area contributed by atoms with Crippen LogP contribution in [0.3, 0.4) is 0 Å². The van der Waals surface area contributed by atoms with Gasteiger partial charge in [-0.15, -0.1) is 0 Å². The zero-order valence-electron chi connectivity index (χ0n) is 13.9. The summed E-state index contributed by atoms with van der Waals surface area (Å²) in [6.07, 6.45) is 1.79. The predicted octanol–water partition coefficient (Wildman–Crippen LogP) is 2.37. The highest BCUT2D eigenvalue weighted by atomic mass is 16.5. The quantitative estimate of drug-likeness (QED) is 0.765. The maximum Gasteiger partial charge on any atom is 0.253 e. The second kappa shape index (κ2) is 6.94. The van der Waals surface area contributed by atoms with Gasteiger partial charge in [-0.1, -0.05) is 18.2 Å². The van der Waals surface area contributed by atoms with Gasteiger partial charge >= 0.3 is 0 Å². The molecule has 0 bridgehead atoms. The van der Waals surface area contributed by atoms with Crippen molar-refractivity contribution in [1.29, 1.82) is 0 Å². The lowest BCUT2D eigenvalue weighted by molar-refractivity contribution is 0.122. The first-order valence-corrected chi connectivity index (χ1v) is 8.44. The summed E-state index contributed by atoms with van der Waals surface area (Å²) >= 11 is 0. The van der Waals surface area contributed by atoms with Gasteiger partial charge in [0.25, 0.3) is 5.56 Å². The molecule has 1 aromatic carbocycles. The molecule has 128 valence electrons. The minimum Gasteiger partial charge on any atom is -0.378 e. The topological polar surface area (TPSA) is 70.2 Å².